The molecule has 2 unspecified atom stereocenters. The minimum atomic E-state index is -0.104. The number of aliphatic hydroxyl groups excluding tert-OH is 1. The predicted molar refractivity (Wildman–Crippen MR) is 77.6 cm³/mol. The van der Waals surface area contributed by atoms with Gasteiger partial charge >= 0.3 is 0 Å². The monoisotopic (exact) mass is 267 g/mol. The van der Waals surface area contributed by atoms with Crippen molar-refractivity contribution in [3.8, 4) is 0 Å². The molecule has 4 heteroatoms. The van der Waals surface area contributed by atoms with Crippen molar-refractivity contribution < 1.29 is 5.11 Å². The zero-order valence-corrected chi connectivity index (χ0v) is 12.5. The van der Waals surface area contributed by atoms with E-state index in [0.717, 1.165) is 43.0 Å². The number of allylic oxidation sites excluding steroid dienone is 2. The maximum atomic E-state index is 9.38. The molecule has 0 saturated heterocycles. The van der Waals surface area contributed by atoms with Gasteiger partial charge in [0.2, 0.25) is 0 Å². The van der Waals surface area contributed by atoms with Crippen molar-refractivity contribution in [2.24, 2.45) is 29.3 Å². The Kier molecular flexibility index (Phi) is 4.11. The van der Waals surface area contributed by atoms with Crippen molar-refractivity contribution in [3.05, 3.63) is 11.4 Å². The van der Waals surface area contributed by atoms with Crippen LogP contribution in [0, 0.1) is 17.8 Å². The first-order chi connectivity index (χ1) is 8.86. The third-order valence-electron chi connectivity index (χ3n) is 4.80. The number of fused-ring (bicyclic) bond motifs is 1. The van der Waals surface area contributed by atoms with E-state index in [1.807, 2.05) is 5.01 Å². The molecule has 2 aliphatic rings. The van der Waals surface area contributed by atoms with Gasteiger partial charge in [0.25, 0.3) is 0 Å². The molecule has 0 bridgehead atoms. The number of hydrogen-bond donors (Lipinski definition) is 3. The molecule has 0 amide bonds. The van der Waals surface area contributed by atoms with Crippen LogP contribution < -0.4 is 11.6 Å². The third-order valence-corrected chi connectivity index (χ3v) is 4.80. The highest BCUT2D eigenvalue weighted by Crippen LogP contribution is 2.53. The van der Waals surface area contributed by atoms with Crippen LogP contribution in [0.3, 0.4) is 0 Å². The van der Waals surface area contributed by atoms with Crippen LogP contribution in [0.4, 0.5) is 0 Å². The summed E-state index contributed by atoms with van der Waals surface area (Å²) in [6, 6.07) is 0. The molecular formula is C15H29N3O. The molecule has 0 aromatic heterocycles. The molecule has 4 nitrogen and oxygen atoms in total. The van der Waals surface area contributed by atoms with Gasteiger partial charge in [0.15, 0.2) is 0 Å². The van der Waals surface area contributed by atoms with Crippen LogP contribution in [-0.4, -0.2) is 22.3 Å². The standard InChI is InChI=1S/C15H29N3O/c1-15(2,3)18(17)14-8-7-11-10(12(11)9-19)5-4-6-13(14)16/h10-12,19H,4-9,16-17H2,1-3H3/b14-13-/t10?,11?,12-/m0/s1. The molecule has 2 rings (SSSR count). The molecule has 1 saturated carbocycles. The highest BCUT2D eigenvalue weighted by atomic mass is 16.3. The zero-order valence-electron chi connectivity index (χ0n) is 12.5. The van der Waals surface area contributed by atoms with Crippen molar-refractivity contribution in [1.82, 2.24) is 5.01 Å². The van der Waals surface area contributed by atoms with Gasteiger partial charge in [-0.25, -0.2) is 5.84 Å². The Bertz CT molecular complexity index is 359. The van der Waals surface area contributed by atoms with Gasteiger partial charge in [-0.05, 0) is 70.6 Å². The summed E-state index contributed by atoms with van der Waals surface area (Å²) in [5.74, 6) is 8.19. The van der Waals surface area contributed by atoms with Crippen molar-refractivity contribution in [3.63, 3.8) is 0 Å². The fourth-order valence-corrected chi connectivity index (χ4v) is 3.47. The zero-order chi connectivity index (χ0) is 14.2. The average molecular weight is 267 g/mol. The molecule has 0 aromatic rings. The first-order valence-corrected chi connectivity index (χ1v) is 7.49. The molecular weight excluding hydrogens is 238 g/mol. The van der Waals surface area contributed by atoms with E-state index in [0.29, 0.717) is 18.4 Å². The summed E-state index contributed by atoms with van der Waals surface area (Å²) in [7, 11) is 0. The number of rotatable bonds is 2. The predicted octanol–water partition coefficient (Wildman–Crippen LogP) is 1.95. The second kappa shape index (κ2) is 5.33. The molecule has 2 aliphatic carbocycles. The van der Waals surface area contributed by atoms with E-state index in [2.05, 4.69) is 20.8 Å². The summed E-state index contributed by atoms with van der Waals surface area (Å²) in [4.78, 5) is 0. The molecule has 1 fully saturated rings. The minimum absolute atomic E-state index is 0.104. The molecule has 0 aromatic carbocycles. The van der Waals surface area contributed by atoms with Crippen LogP contribution >= 0.6 is 0 Å². The van der Waals surface area contributed by atoms with Gasteiger partial charge in [0.05, 0.1) is 0 Å². The van der Waals surface area contributed by atoms with Crippen molar-refractivity contribution in [2.75, 3.05) is 6.61 Å². The Morgan fingerprint density at radius 2 is 1.84 bits per heavy atom. The van der Waals surface area contributed by atoms with Crippen LogP contribution in [0.5, 0.6) is 0 Å². The molecule has 0 radical (unpaired) electrons. The van der Waals surface area contributed by atoms with Crippen molar-refractivity contribution >= 4 is 0 Å². The molecule has 3 atom stereocenters. The Morgan fingerprint density at radius 3 is 2.42 bits per heavy atom. The molecule has 5 N–H and O–H groups in total. The summed E-state index contributed by atoms with van der Waals surface area (Å²) in [5, 5.41) is 11.2. The lowest BCUT2D eigenvalue weighted by atomic mass is 10.0. The average Bonchev–Trinajstić information content (AvgIpc) is 2.98. The number of hydrogen-bond acceptors (Lipinski definition) is 4. The Morgan fingerprint density at radius 1 is 1.21 bits per heavy atom. The van der Waals surface area contributed by atoms with Crippen LogP contribution in [-0.2, 0) is 0 Å². The first kappa shape index (κ1) is 14.7. The van der Waals surface area contributed by atoms with Crippen LogP contribution in [0.1, 0.15) is 52.9 Å². The Balaban J connectivity index is 2.10. The fourth-order valence-electron chi connectivity index (χ4n) is 3.47. The lowest BCUT2D eigenvalue weighted by Gasteiger charge is -2.36. The summed E-state index contributed by atoms with van der Waals surface area (Å²) in [6.07, 6.45) is 5.29. The van der Waals surface area contributed by atoms with E-state index in [-0.39, 0.29) is 5.54 Å². The Hall–Kier alpha value is -0.740. The molecule has 0 spiro atoms. The van der Waals surface area contributed by atoms with Gasteiger partial charge in [-0.15, -0.1) is 0 Å². The molecule has 0 aliphatic heterocycles. The van der Waals surface area contributed by atoms with E-state index >= 15 is 0 Å². The quantitative estimate of drug-likeness (QED) is 0.528. The topological polar surface area (TPSA) is 75.5 Å². The smallest absolute Gasteiger partial charge is 0.0484 e. The molecule has 19 heavy (non-hydrogen) atoms. The summed E-state index contributed by atoms with van der Waals surface area (Å²) >= 11 is 0. The molecule has 0 heterocycles. The second-order valence-corrected chi connectivity index (χ2v) is 7.12. The van der Waals surface area contributed by atoms with Gasteiger partial charge in [0, 0.05) is 23.5 Å². The van der Waals surface area contributed by atoms with Gasteiger partial charge < -0.3 is 15.8 Å². The SMILES string of the molecule is CC(C)(C)N(N)/C1=C(\N)CCCC2C(CC1)[C@H]2CO. The van der Waals surface area contributed by atoms with Gasteiger partial charge in [-0.2, -0.15) is 0 Å². The normalized spacial score (nSPS) is 35.9. The largest absolute Gasteiger partial charge is 0.401 e. The first-order valence-electron chi connectivity index (χ1n) is 7.49. The second-order valence-electron chi connectivity index (χ2n) is 7.12. The summed E-state index contributed by atoms with van der Waals surface area (Å²) in [6.45, 7) is 6.67. The van der Waals surface area contributed by atoms with Crippen LogP contribution in [0.25, 0.3) is 0 Å². The van der Waals surface area contributed by atoms with E-state index in [1.165, 1.54) is 6.42 Å². The third kappa shape index (κ3) is 3.06. The van der Waals surface area contributed by atoms with E-state index in [1.54, 1.807) is 0 Å². The van der Waals surface area contributed by atoms with Gasteiger partial charge in [0.1, 0.15) is 0 Å². The number of hydrazine groups is 1. The van der Waals surface area contributed by atoms with Crippen LogP contribution in [0.2, 0.25) is 0 Å². The van der Waals surface area contributed by atoms with E-state index < -0.39 is 0 Å². The van der Waals surface area contributed by atoms with E-state index in [9.17, 15) is 5.11 Å². The highest BCUT2D eigenvalue weighted by Gasteiger charge is 2.48. The summed E-state index contributed by atoms with van der Waals surface area (Å²) < 4.78 is 0. The van der Waals surface area contributed by atoms with Crippen molar-refractivity contribution in [1.29, 1.82) is 0 Å². The fraction of sp³-hybridized carbons (Fsp3) is 0.867. The molecule has 110 valence electrons. The minimum Gasteiger partial charge on any atom is -0.401 e. The van der Waals surface area contributed by atoms with Crippen molar-refractivity contribution in [2.45, 2.75) is 58.4 Å². The maximum absolute atomic E-state index is 9.38. The lowest BCUT2D eigenvalue weighted by Crippen LogP contribution is -2.46. The van der Waals surface area contributed by atoms with E-state index in [4.69, 9.17) is 11.6 Å². The summed E-state index contributed by atoms with van der Waals surface area (Å²) in [5.41, 5.74) is 8.21. The number of nitrogens with two attached hydrogens (primary N) is 2. The lowest BCUT2D eigenvalue weighted by molar-refractivity contribution is 0.177. The highest BCUT2D eigenvalue weighted by molar-refractivity contribution is 5.14. The van der Waals surface area contributed by atoms with Crippen LogP contribution in [0.15, 0.2) is 11.4 Å². The maximum Gasteiger partial charge on any atom is 0.0484 e. The number of aliphatic hydroxyl groups is 1. The Labute approximate surface area is 116 Å². The van der Waals surface area contributed by atoms with Gasteiger partial charge in [-0.3, -0.25) is 0 Å². The number of nitrogens with zero attached hydrogens (tertiary/aromatic N) is 1. The van der Waals surface area contributed by atoms with Gasteiger partial charge in [-0.1, -0.05) is 0 Å².